The Morgan fingerprint density at radius 1 is 0.941 bits per heavy atom. The van der Waals surface area contributed by atoms with Crippen molar-refractivity contribution in [3.8, 4) is 34.1 Å². The van der Waals surface area contributed by atoms with Gasteiger partial charge >= 0.3 is 5.63 Å². The lowest BCUT2D eigenvalue weighted by molar-refractivity contribution is 0.237. The van der Waals surface area contributed by atoms with Crippen molar-refractivity contribution < 1.29 is 23.4 Å². The molecule has 1 saturated heterocycles. The van der Waals surface area contributed by atoms with E-state index >= 15 is 0 Å². The number of fused-ring (bicyclic) bond motifs is 1. The Balaban J connectivity index is 1.44. The van der Waals surface area contributed by atoms with Crippen molar-refractivity contribution in [3.63, 3.8) is 0 Å². The topological polar surface area (TPSA) is 72.1 Å². The molecule has 4 aromatic rings. The molecule has 0 atom stereocenters. The quantitative estimate of drug-likeness (QED) is 0.363. The second-order valence-corrected chi connectivity index (χ2v) is 8.25. The molecule has 0 amide bonds. The molecular weight excluding hydrogens is 437 g/mol. The molecule has 0 bridgehead atoms. The van der Waals surface area contributed by atoms with Crippen LogP contribution < -0.4 is 15.1 Å². The van der Waals surface area contributed by atoms with Crippen LogP contribution in [-0.2, 0) is 0 Å². The highest BCUT2D eigenvalue weighted by Crippen LogP contribution is 2.38. The van der Waals surface area contributed by atoms with Crippen LogP contribution in [0.5, 0.6) is 23.0 Å². The third-order valence-electron chi connectivity index (χ3n) is 5.90. The Hall–Kier alpha value is -3.84. The molecule has 5 rings (SSSR count). The molecule has 3 aromatic carbocycles. The summed E-state index contributed by atoms with van der Waals surface area (Å²) in [6.07, 6.45) is 2.50. The van der Waals surface area contributed by atoms with Crippen LogP contribution in [0, 0.1) is 5.82 Å². The number of hydrogen-bond acceptors (Lipinski definition) is 6. The lowest BCUT2D eigenvalue weighted by atomic mass is 10.0. The van der Waals surface area contributed by atoms with Crippen LogP contribution in [0.2, 0.25) is 0 Å². The van der Waals surface area contributed by atoms with Crippen LogP contribution in [0.25, 0.3) is 22.1 Å². The number of phenols is 1. The average Bonchev–Trinajstić information content (AvgIpc) is 3.34. The molecule has 0 saturated carbocycles. The number of phenolic OH excluding ortho intramolecular Hbond substituents is 1. The SMILES string of the molecule is O=c1oc2cc(O)ccc2c(Oc2ccc(OCCN3CCCC3)cc2)c1-c1ccc(F)cc1. The van der Waals surface area contributed by atoms with Gasteiger partial charge in [0.1, 0.15) is 40.8 Å². The molecule has 0 radical (unpaired) electrons. The molecule has 0 aliphatic carbocycles. The van der Waals surface area contributed by atoms with Crippen molar-refractivity contribution in [2.45, 2.75) is 12.8 Å². The Morgan fingerprint density at radius 3 is 2.38 bits per heavy atom. The van der Waals surface area contributed by atoms with Crippen LogP contribution in [0.3, 0.4) is 0 Å². The zero-order valence-corrected chi connectivity index (χ0v) is 18.5. The maximum Gasteiger partial charge on any atom is 0.348 e. The van der Waals surface area contributed by atoms with Gasteiger partial charge in [0.15, 0.2) is 5.75 Å². The molecule has 7 heteroatoms. The van der Waals surface area contributed by atoms with Crippen LogP contribution in [0.4, 0.5) is 4.39 Å². The van der Waals surface area contributed by atoms with Gasteiger partial charge in [-0.2, -0.15) is 0 Å². The number of halogens is 1. The summed E-state index contributed by atoms with van der Waals surface area (Å²) in [7, 11) is 0. The van der Waals surface area contributed by atoms with Gasteiger partial charge in [-0.1, -0.05) is 12.1 Å². The van der Waals surface area contributed by atoms with Gasteiger partial charge in [0.25, 0.3) is 0 Å². The molecule has 34 heavy (non-hydrogen) atoms. The second-order valence-electron chi connectivity index (χ2n) is 8.25. The zero-order valence-electron chi connectivity index (χ0n) is 18.5. The summed E-state index contributed by atoms with van der Waals surface area (Å²) in [4.78, 5) is 15.3. The first-order valence-electron chi connectivity index (χ1n) is 11.3. The fourth-order valence-corrected chi connectivity index (χ4v) is 4.15. The van der Waals surface area contributed by atoms with E-state index in [1.54, 1.807) is 18.2 Å². The second kappa shape index (κ2) is 9.57. The molecule has 1 fully saturated rings. The van der Waals surface area contributed by atoms with E-state index < -0.39 is 11.4 Å². The number of ether oxygens (including phenoxy) is 2. The van der Waals surface area contributed by atoms with E-state index in [-0.39, 0.29) is 22.6 Å². The molecule has 1 aromatic heterocycles. The average molecular weight is 461 g/mol. The summed E-state index contributed by atoms with van der Waals surface area (Å²) in [6, 6.07) is 17.2. The molecule has 0 unspecified atom stereocenters. The summed E-state index contributed by atoms with van der Waals surface area (Å²) in [5, 5.41) is 10.3. The fourth-order valence-electron chi connectivity index (χ4n) is 4.15. The van der Waals surface area contributed by atoms with Gasteiger partial charge in [-0.25, -0.2) is 9.18 Å². The maximum atomic E-state index is 13.5. The summed E-state index contributed by atoms with van der Waals surface area (Å²) >= 11 is 0. The van der Waals surface area contributed by atoms with E-state index in [2.05, 4.69) is 4.90 Å². The predicted octanol–water partition coefficient (Wildman–Crippen LogP) is 5.57. The normalized spacial score (nSPS) is 13.9. The molecule has 0 spiro atoms. The lowest BCUT2D eigenvalue weighted by Crippen LogP contribution is -2.25. The standard InChI is InChI=1S/C27H24FNO5/c28-19-5-3-18(4-6-19)25-26(23-12-7-20(30)17-24(23)34-27(25)31)33-22-10-8-21(9-11-22)32-16-15-29-13-1-2-14-29/h3-12,17,30H,1-2,13-16H2. The molecular formula is C27H24FNO5. The number of hydrogen-bond donors (Lipinski definition) is 1. The number of likely N-dealkylation sites (tertiary alicyclic amines) is 1. The zero-order chi connectivity index (χ0) is 23.5. The maximum absolute atomic E-state index is 13.5. The summed E-state index contributed by atoms with van der Waals surface area (Å²) in [5.41, 5.74) is 0.167. The van der Waals surface area contributed by atoms with Gasteiger partial charge in [-0.3, -0.25) is 4.90 Å². The van der Waals surface area contributed by atoms with Crippen molar-refractivity contribution in [3.05, 3.63) is 83.0 Å². The van der Waals surface area contributed by atoms with Gasteiger partial charge in [0, 0.05) is 12.6 Å². The number of nitrogens with zero attached hydrogens (tertiary/aromatic N) is 1. The van der Waals surface area contributed by atoms with Crippen LogP contribution in [0.1, 0.15) is 12.8 Å². The van der Waals surface area contributed by atoms with Gasteiger partial charge < -0.3 is 19.0 Å². The highest BCUT2D eigenvalue weighted by molar-refractivity contribution is 5.91. The largest absolute Gasteiger partial charge is 0.508 e. The summed E-state index contributed by atoms with van der Waals surface area (Å²) in [5.74, 6) is 1.04. The van der Waals surface area contributed by atoms with Crippen molar-refractivity contribution >= 4 is 11.0 Å². The predicted molar refractivity (Wildman–Crippen MR) is 127 cm³/mol. The third kappa shape index (κ3) is 4.75. The van der Waals surface area contributed by atoms with E-state index in [0.717, 1.165) is 25.4 Å². The van der Waals surface area contributed by atoms with Crippen LogP contribution in [0.15, 0.2) is 75.9 Å². The van der Waals surface area contributed by atoms with Gasteiger partial charge in [-0.05, 0) is 80.0 Å². The van der Waals surface area contributed by atoms with E-state index in [1.807, 2.05) is 12.1 Å². The third-order valence-corrected chi connectivity index (χ3v) is 5.90. The first-order chi connectivity index (χ1) is 16.6. The molecule has 1 aliphatic heterocycles. The van der Waals surface area contributed by atoms with Gasteiger partial charge in [0.2, 0.25) is 0 Å². The van der Waals surface area contributed by atoms with Crippen LogP contribution in [-0.4, -0.2) is 36.2 Å². The minimum Gasteiger partial charge on any atom is -0.508 e. The summed E-state index contributed by atoms with van der Waals surface area (Å²) < 4.78 is 30.9. The number of aromatic hydroxyl groups is 1. The Kier molecular flexibility index (Phi) is 6.18. The highest BCUT2D eigenvalue weighted by atomic mass is 19.1. The van der Waals surface area contributed by atoms with Gasteiger partial charge in [-0.15, -0.1) is 0 Å². The monoisotopic (exact) mass is 461 g/mol. The molecule has 1 N–H and O–H groups in total. The number of benzene rings is 3. The van der Waals surface area contributed by atoms with Crippen molar-refractivity contribution in [2.24, 2.45) is 0 Å². The first kappa shape index (κ1) is 22.0. The summed E-state index contributed by atoms with van der Waals surface area (Å²) in [6.45, 7) is 3.77. The number of rotatable bonds is 7. The van der Waals surface area contributed by atoms with Crippen molar-refractivity contribution in [1.82, 2.24) is 4.90 Å². The van der Waals surface area contributed by atoms with E-state index in [9.17, 15) is 14.3 Å². The fraction of sp³-hybridized carbons (Fsp3) is 0.222. The lowest BCUT2D eigenvalue weighted by Gasteiger charge is -2.15. The minimum atomic E-state index is -0.651. The van der Waals surface area contributed by atoms with Crippen molar-refractivity contribution in [1.29, 1.82) is 0 Å². The smallest absolute Gasteiger partial charge is 0.348 e. The van der Waals surface area contributed by atoms with Gasteiger partial charge in [0.05, 0.1) is 5.39 Å². The van der Waals surface area contributed by atoms with E-state index in [1.165, 1.54) is 49.2 Å². The van der Waals surface area contributed by atoms with Crippen LogP contribution >= 0.6 is 0 Å². The first-order valence-corrected chi connectivity index (χ1v) is 11.3. The Bertz CT molecular complexity index is 1340. The highest BCUT2D eigenvalue weighted by Gasteiger charge is 2.19. The molecule has 6 nitrogen and oxygen atoms in total. The molecule has 174 valence electrons. The molecule has 1 aliphatic rings. The van der Waals surface area contributed by atoms with E-state index in [0.29, 0.717) is 23.3 Å². The molecule has 2 heterocycles. The minimum absolute atomic E-state index is 0.0356. The Morgan fingerprint density at radius 2 is 1.65 bits per heavy atom. The van der Waals surface area contributed by atoms with E-state index in [4.69, 9.17) is 13.9 Å². The van der Waals surface area contributed by atoms with Crippen molar-refractivity contribution in [2.75, 3.05) is 26.2 Å². The Labute approximate surface area is 195 Å².